The lowest BCUT2D eigenvalue weighted by Gasteiger charge is -2.12. The molecule has 1 saturated heterocycles. The number of carbonyl (C=O) groups is 1. The molecule has 0 spiro atoms. The van der Waals surface area contributed by atoms with Crippen molar-refractivity contribution in [1.29, 1.82) is 0 Å². The van der Waals surface area contributed by atoms with Gasteiger partial charge in [-0.05, 0) is 23.5 Å². The molecule has 23 heavy (non-hydrogen) atoms. The lowest BCUT2D eigenvalue weighted by atomic mass is 10.0. The molecule has 0 aromatic heterocycles. The number of hydrazine groups is 1. The Bertz CT molecular complexity index is 674. The Labute approximate surface area is 136 Å². The first-order chi connectivity index (χ1) is 11.3. The average Bonchev–Trinajstić information content (AvgIpc) is 3.29. The van der Waals surface area contributed by atoms with Crippen molar-refractivity contribution in [3.8, 4) is 0 Å². The Kier molecular flexibility index (Phi) is 3.85. The van der Waals surface area contributed by atoms with E-state index in [0.717, 1.165) is 12.8 Å². The van der Waals surface area contributed by atoms with E-state index in [1.807, 2.05) is 36.4 Å². The Balaban J connectivity index is 1.31. The number of amides is 1. The first kappa shape index (κ1) is 14.4. The van der Waals surface area contributed by atoms with Crippen LogP contribution in [0.4, 0.5) is 0 Å². The van der Waals surface area contributed by atoms with Crippen LogP contribution in [-0.4, -0.2) is 12.1 Å². The van der Waals surface area contributed by atoms with Gasteiger partial charge in [0.25, 0.3) is 0 Å². The molecular formula is C19H21N3O. The van der Waals surface area contributed by atoms with Gasteiger partial charge in [0.2, 0.25) is 5.91 Å². The molecule has 4 rings (SSSR count). The van der Waals surface area contributed by atoms with Crippen LogP contribution >= 0.6 is 0 Å². The Hall–Kier alpha value is -2.17. The zero-order valence-corrected chi connectivity index (χ0v) is 12.9. The highest BCUT2D eigenvalue weighted by Crippen LogP contribution is 2.47. The van der Waals surface area contributed by atoms with E-state index in [9.17, 15) is 4.79 Å². The molecule has 2 aliphatic rings. The Morgan fingerprint density at radius 1 is 0.870 bits per heavy atom. The van der Waals surface area contributed by atoms with Gasteiger partial charge < -0.3 is 5.32 Å². The molecule has 1 amide bonds. The van der Waals surface area contributed by atoms with Gasteiger partial charge in [-0.1, -0.05) is 60.7 Å². The molecule has 1 aliphatic heterocycles. The third-order valence-electron chi connectivity index (χ3n) is 4.78. The van der Waals surface area contributed by atoms with Crippen LogP contribution in [0.2, 0.25) is 0 Å². The highest BCUT2D eigenvalue weighted by atomic mass is 16.2. The second kappa shape index (κ2) is 6.14. The molecule has 1 aliphatic carbocycles. The summed E-state index contributed by atoms with van der Waals surface area (Å²) >= 11 is 0. The van der Waals surface area contributed by atoms with E-state index >= 15 is 0 Å². The molecule has 2 fully saturated rings. The van der Waals surface area contributed by atoms with E-state index < -0.39 is 0 Å². The minimum atomic E-state index is -0.00951. The summed E-state index contributed by atoms with van der Waals surface area (Å²) < 4.78 is 0. The molecule has 4 atom stereocenters. The van der Waals surface area contributed by atoms with Crippen LogP contribution in [0.1, 0.15) is 35.9 Å². The van der Waals surface area contributed by atoms with Crippen LogP contribution < -0.4 is 16.2 Å². The number of hydrogen-bond acceptors (Lipinski definition) is 3. The lowest BCUT2D eigenvalue weighted by molar-refractivity contribution is -0.123. The maximum atomic E-state index is 12.4. The Morgan fingerprint density at radius 3 is 2.22 bits per heavy atom. The Morgan fingerprint density at radius 2 is 1.52 bits per heavy atom. The van der Waals surface area contributed by atoms with E-state index in [2.05, 4.69) is 40.4 Å². The average molecular weight is 307 g/mol. The minimum absolute atomic E-state index is 0.00951. The van der Waals surface area contributed by atoms with Crippen molar-refractivity contribution in [3.63, 3.8) is 0 Å². The van der Waals surface area contributed by atoms with Gasteiger partial charge in [-0.2, -0.15) is 0 Å². The standard InChI is InChI=1S/C19H21N3O/c23-19(16-11-15(16)13-7-3-1-4-8-13)20-18-12-17(21-22-18)14-9-5-2-6-10-14/h1-10,15-18,21-22H,11-12H2,(H,20,23). The van der Waals surface area contributed by atoms with Crippen LogP contribution in [0, 0.1) is 5.92 Å². The molecule has 4 nitrogen and oxygen atoms in total. The summed E-state index contributed by atoms with van der Waals surface area (Å²) in [5.41, 5.74) is 8.97. The lowest BCUT2D eigenvalue weighted by Crippen LogP contribution is -2.44. The van der Waals surface area contributed by atoms with Crippen LogP contribution in [0.15, 0.2) is 60.7 Å². The van der Waals surface area contributed by atoms with E-state index in [0.29, 0.717) is 5.92 Å². The first-order valence-electron chi connectivity index (χ1n) is 8.22. The molecule has 3 N–H and O–H groups in total. The van der Waals surface area contributed by atoms with Crippen molar-refractivity contribution >= 4 is 5.91 Å². The number of nitrogens with one attached hydrogen (secondary N) is 3. The van der Waals surface area contributed by atoms with Gasteiger partial charge in [-0.15, -0.1) is 0 Å². The summed E-state index contributed by atoms with van der Waals surface area (Å²) in [5, 5.41) is 3.13. The molecule has 4 heteroatoms. The van der Waals surface area contributed by atoms with Gasteiger partial charge >= 0.3 is 0 Å². The van der Waals surface area contributed by atoms with Crippen molar-refractivity contribution in [1.82, 2.24) is 16.2 Å². The second-order valence-corrected chi connectivity index (χ2v) is 6.41. The zero-order chi connectivity index (χ0) is 15.6. The molecule has 2 aromatic carbocycles. The monoisotopic (exact) mass is 307 g/mol. The zero-order valence-electron chi connectivity index (χ0n) is 12.9. The van der Waals surface area contributed by atoms with Gasteiger partial charge in [0.1, 0.15) is 0 Å². The van der Waals surface area contributed by atoms with Crippen molar-refractivity contribution in [3.05, 3.63) is 71.8 Å². The van der Waals surface area contributed by atoms with Crippen LogP contribution in [0.3, 0.4) is 0 Å². The number of rotatable bonds is 4. The van der Waals surface area contributed by atoms with Gasteiger partial charge in [-0.3, -0.25) is 4.79 Å². The molecule has 0 radical (unpaired) electrons. The highest BCUT2D eigenvalue weighted by molar-refractivity contribution is 5.83. The van der Waals surface area contributed by atoms with Gasteiger partial charge in [0.05, 0.1) is 6.17 Å². The fourth-order valence-corrected chi connectivity index (χ4v) is 3.39. The molecule has 4 unspecified atom stereocenters. The SMILES string of the molecule is O=C(NC1CC(c2ccccc2)NN1)C1CC1c1ccccc1. The third-order valence-corrected chi connectivity index (χ3v) is 4.78. The summed E-state index contributed by atoms with van der Waals surface area (Å²) in [6, 6.07) is 20.9. The number of benzene rings is 2. The number of carbonyl (C=O) groups excluding carboxylic acids is 1. The topological polar surface area (TPSA) is 53.2 Å². The fourth-order valence-electron chi connectivity index (χ4n) is 3.39. The van der Waals surface area contributed by atoms with Crippen molar-refractivity contribution in [2.24, 2.45) is 5.92 Å². The van der Waals surface area contributed by atoms with Crippen molar-refractivity contribution < 1.29 is 4.79 Å². The summed E-state index contributed by atoms with van der Waals surface area (Å²) in [6.07, 6.45) is 1.81. The fraction of sp³-hybridized carbons (Fsp3) is 0.316. The molecular weight excluding hydrogens is 286 g/mol. The normalized spacial score (nSPS) is 29.2. The smallest absolute Gasteiger partial charge is 0.225 e. The van der Waals surface area contributed by atoms with Crippen LogP contribution in [-0.2, 0) is 4.79 Å². The maximum Gasteiger partial charge on any atom is 0.225 e. The van der Waals surface area contributed by atoms with Gasteiger partial charge in [0.15, 0.2) is 0 Å². The summed E-state index contributed by atoms with van der Waals surface area (Å²) in [6.45, 7) is 0. The molecule has 2 aromatic rings. The van der Waals surface area contributed by atoms with Crippen LogP contribution in [0.5, 0.6) is 0 Å². The quantitative estimate of drug-likeness (QED) is 0.813. The number of hydrogen-bond donors (Lipinski definition) is 3. The van der Waals surface area contributed by atoms with Gasteiger partial charge in [0, 0.05) is 18.4 Å². The van der Waals surface area contributed by atoms with Crippen molar-refractivity contribution in [2.45, 2.75) is 31.0 Å². The molecule has 1 heterocycles. The first-order valence-corrected chi connectivity index (χ1v) is 8.22. The largest absolute Gasteiger partial charge is 0.339 e. The highest BCUT2D eigenvalue weighted by Gasteiger charge is 2.44. The van der Waals surface area contributed by atoms with E-state index in [1.54, 1.807) is 0 Å². The van der Waals surface area contributed by atoms with Crippen LogP contribution in [0.25, 0.3) is 0 Å². The van der Waals surface area contributed by atoms with E-state index in [1.165, 1.54) is 11.1 Å². The van der Waals surface area contributed by atoms with Gasteiger partial charge in [-0.25, -0.2) is 10.9 Å². The molecule has 0 bridgehead atoms. The molecule has 118 valence electrons. The minimum Gasteiger partial charge on any atom is -0.339 e. The summed E-state index contributed by atoms with van der Waals surface area (Å²) in [4.78, 5) is 12.4. The third kappa shape index (κ3) is 3.14. The predicted octanol–water partition coefficient (Wildman–Crippen LogP) is 2.47. The molecule has 1 saturated carbocycles. The second-order valence-electron chi connectivity index (χ2n) is 6.41. The maximum absolute atomic E-state index is 12.4. The van der Waals surface area contributed by atoms with Crippen molar-refractivity contribution in [2.75, 3.05) is 0 Å². The van der Waals surface area contributed by atoms with E-state index in [4.69, 9.17) is 0 Å². The predicted molar refractivity (Wildman–Crippen MR) is 89.3 cm³/mol. The van der Waals surface area contributed by atoms with E-state index in [-0.39, 0.29) is 24.0 Å². The summed E-state index contributed by atoms with van der Waals surface area (Å²) in [7, 11) is 0. The summed E-state index contributed by atoms with van der Waals surface area (Å²) in [5.74, 6) is 0.664.